The molecule has 0 spiro atoms. The standard InChI is InChI=1S/C13H16O3/c1-4-10-6-5-7-11(10)12(14)8-9(2)13(15)16-3/h4H,1-2,5-8H2,3H3. The summed E-state index contributed by atoms with van der Waals surface area (Å²) in [6.07, 6.45) is 4.41. The van der Waals surface area contributed by atoms with E-state index in [1.807, 2.05) is 0 Å². The average molecular weight is 220 g/mol. The van der Waals surface area contributed by atoms with E-state index in [1.165, 1.54) is 7.11 Å². The number of ketones is 1. The maximum Gasteiger partial charge on any atom is 0.333 e. The molecule has 0 heterocycles. The number of allylic oxidation sites excluding steroid dienone is 3. The molecule has 3 nitrogen and oxygen atoms in total. The number of methoxy groups -OCH3 is 1. The van der Waals surface area contributed by atoms with E-state index in [-0.39, 0.29) is 17.8 Å². The highest BCUT2D eigenvalue weighted by Gasteiger charge is 2.21. The molecule has 16 heavy (non-hydrogen) atoms. The lowest BCUT2D eigenvalue weighted by Crippen LogP contribution is -2.10. The summed E-state index contributed by atoms with van der Waals surface area (Å²) in [6.45, 7) is 7.23. The number of ether oxygens (including phenoxy) is 1. The van der Waals surface area contributed by atoms with Crippen LogP contribution in [0.2, 0.25) is 0 Å². The Morgan fingerprint density at radius 1 is 1.44 bits per heavy atom. The van der Waals surface area contributed by atoms with Gasteiger partial charge < -0.3 is 4.74 Å². The Labute approximate surface area is 95.5 Å². The predicted octanol–water partition coefficient (Wildman–Crippen LogP) is 2.34. The molecular formula is C13H16O3. The topological polar surface area (TPSA) is 43.4 Å². The number of esters is 1. The molecule has 0 saturated carbocycles. The molecule has 3 heteroatoms. The van der Waals surface area contributed by atoms with E-state index in [0.29, 0.717) is 0 Å². The van der Waals surface area contributed by atoms with Gasteiger partial charge in [0.15, 0.2) is 5.78 Å². The molecule has 1 aliphatic rings. The van der Waals surface area contributed by atoms with Crippen LogP contribution in [0.5, 0.6) is 0 Å². The van der Waals surface area contributed by atoms with Gasteiger partial charge in [-0.1, -0.05) is 19.2 Å². The smallest absolute Gasteiger partial charge is 0.333 e. The van der Waals surface area contributed by atoms with E-state index in [4.69, 9.17) is 0 Å². The van der Waals surface area contributed by atoms with E-state index >= 15 is 0 Å². The lowest BCUT2D eigenvalue weighted by atomic mass is 10.0. The van der Waals surface area contributed by atoms with Crippen LogP contribution in [0.4, 0.5) is 0 Å². The monoisotopic (exact) mass is 220 g/mol. The van der Waals surface area contributed by atoms with Crippen molar-refractivity contribution >= 4 is 11.8 Å². The molecule has 0 saturated heterocycles. The Bertz CT molecular complexity index is 375. The van der Waals surface area contributed by atoms with Crippen molar-refractivity contribution < 1.29 is 14.3 Å². The molecule has 1 aliphatic carbocycles. The molecule has 0 unspecified atom stereocenters. The predicted molar refractivity (Wildman–Crippen MR) is 61.9 cm³/mol. The highest BCUT2D eigenvalue weighted by molar-refractivity contribution is 6.03. The van der Waals surface area contributed by atoms with Gasteiger partial charge in [-0.25, -0.2) is 4.79 Å². The van der Waals surface area contributed by atoms with E-state index in [1.54, 1.807) is 6.08 Å². The van der Waals surface area contributed by atoms with E-state index in [9.17, 15) is 9.59 Å². The van der Waals surface area contributed by atoms with Gasteiger partial charge in [0.25, 0.3) is 0 Å². The number of carbonyl (C=O) groups excluding carboxylic acids is 2. The maximum atomic E-state index is 11.9. The van der Waals surface area contributed by atoms with Crippen molar-refractivity contribution in [2.24, 2.45) is 0 Å². The summed E-state index contributed by atoms with van der Waals surface area (Å²) in [5.41, 5.74) is 2.00. The second-order valence-electron chi connectivity index (χ2n) is 3.76. The van der Waals surface area contributed by atoms with Gasteiger partial charge in [-0.2, -0.15) is 0 Å². The molecule has 0 amide bonds. The summed E-state index contributed by atoms with van der Waals surface area (Å²) < 4.78 is 4.50. The molecule has 0 aliphatic heterocycles. The molecule has 0 radical (unpaired) electrons. The second-order valence-corrected chi connectivity index (χ2v) is 3.76. The van der Waals surface area contributed by atoms with Gasteiger partial charge in [-0.3, -0.25) is 4.79 Å². The first-order valence-corrected chi connectivity index (χ1v) is 5.24. The quantitative estimate of drug-likeness (QED) is 0.527. The number of Topliss-reactive ketones (excluding diaryl/α,β-unsaturated/α-hetero) is 1. The summed E-state index contributed by atoms with van der Waals surface area (Å²) in [6, 6.07) is 0. The summed E-state index contributed by atoms with van der Waals surface area (Å²) in [5.74, 6) is -0.560. The molecule has 0 N–H and O–H groups in total. The van der Waals surface area contributed by atoms with Crippen molar-refractivity contribution in [3.8, 4) is 0 Å². The SMILES string of the molecule is C=CC1=C(C(=O)CC(=C)C(=O)OC)CCC1. The van der Waals surface area contributed by atoms with Crippen molar-refractivity contribution in [2.45, 2.75) is 25.7 Å². The van der Waals surface area contributed by atoms with Crippen LogP contribution in [0.15, 0.2) is 36.0 Å². The third-order valence-electron chi connectivity index (χ3n) is 2.69. The zero-order chi connectivity index (χ0) is 12.1. The Balaban J connectivity index is 2.69. The van der Waals surface area contributed by atoms with Gasteiger partial charge >= 0.3 is 5.97 Å². The van der Waals surface area contributed by atoms with Crippen LogP contribution >= 0.6 is 0 Å². The molecule has 86 valence electrons. The molecule has 1 rings (SSSR count). The fraction of sp³-hybridized carbons (Fsp3) is 0.385. The first-order valence-electron chi connectivity index (χ1n) is 5.24. The first-order chi connectivity index (χ1) is 7.60. The Hall–Kier alpha value is -1.64. The van der Waals surface area contributed by atoms with Gasteiger partial charge in [0.05, 0.1) is 7.11 Å². The fourth-order valence-corrected chi connectivity index (χ4v) is 1.83. The molecule has 0 aromatic rings. The van der Waals surface area contributed by atoms with Gasteiger partial charge in [-0.15, -0.1) is 0 Å². The van der Waals surface area contributed by atoms with Crippen LogP contribution in [-0.2, 0) is 14.3 Å². The molecule has 0 atom stereocenters. The Morgan fingerprint density at radius 3 is 2.69 bits per heavy atom. The van der Waals surface area contributed by atoms with Crippen molar-refractivity contribution in [1.29, 1.82) is 0 Å². The normalized spacial score (nSPS) is 14.8. The van der Waals surface area contributed by atoms with Crippen molar-refractivity contribution in [1.82, 2.24) is 0 Å². The fourth-order valence-electron chi connectivity index (χ4n) is 1.83. The zero-order valence-corrected chi connectivity index (χ0v) is 9.54. The van der Waals surface area contributed by atoms with Gasteiger partial charge in [0.2, 0.25) is 0 Å². The Morgan fingerprint density at radius 2 is 2.12 bits per heavy atom. The third-order valence-corrected chi connectivity index (χ3v) is 2.69. The lowest BCUT2D eigenvalue weighted by molar-refractivity contribution is -0.136. The van der Waals surface area contributed by atoms with Crippen molar-refractivity contribution in [3.05, 3.63) is 36.0 Å². The summed E-state index contributed by atoms with van der Waals surface area (Å²) in [4.78, 5) is 23.0. The van der Waals surface area contributed by atoms with E-state index in [0.717, 1.165) is 30.4 Å². The lowest BCUT2D eigenvalue weighted by Gasteiger charge is -2.05. The highest BCUT2D eigenvalue weighted by atomic mass is 16.5. The van der Waals surface area contributed by atoms with Gasteiger partial charge in [0, 0.05) is 12.0 Å². The Kier molecular flexibility index (Phi) is 4.23. The molecule has 0 aromatic heterocycles. The number of hydrogen-bond acceptors (Lipinski definition) is 3. The summed E-state index contributed by atoms with van der Waals surface area (Å²) in [5, 5.41) is 0. The van der Waals surface area contributed by atoms with Crippen LogP contribution in [0.3, 0.4) is 0 Å². The molecule has 0 aromatic carbocycles. The number of hydrogen-bond donors (Lipinski definition) is 0. The minimum atomic E-state index is -0.521. The molecular weight excluding hydrogens is 204 g/mol. The molecule has 0 fully saturated rings. The first kappa shape index (κ1) is 12.4. The minimum Gasteiger partial charge on any atom is -0.466 e. The average Bonchev–Trinajstić information content (AvgIpc) is 2.75. The molecule has 0 bridgehead atoms. The largest absolute Gasteiger partial charge is 0.466 e. The zero-order valence-electron chi connectivity index (χ0n) is 9.54. The summed E-state index contributed by atoms with van der Waals surface area (Å²) >= 11 is 0. The minimum absolute atomic E-state index is 0.0391. The van der Waals surface area contributed by atoms with Crippen molar-refractivity contribution in [3.63, 3.8) is 0 Å². The van der Waals surface area contributed by atoms with Gasteiger partial charge in [0.1, 0.15) is 0 Å². The summed E-state index contributed by atoms with van der Waals surface area (Å²) in [7, 11) is 1.28. The van der Waals surface area contributed by atoms with E-state index in [2.05, 4.69) is 17.9 Å². The second kappa shape index (κ2) is 5.45. The van der Waals surface area contributed by atoms with Crippen LogP contribution < -0.4 is 0 Å². The van der Waals surface area contributed by atoms with Crippen LogP contribution in [0.1, 0.15) is 25.7 Å². The van der Waals surface area contributed by atoms with Crippen LogP contribution in [0.25, 0.3) is 0 Å². The number of rotatable bonds is 5. The van der Waals surface area contributed by atoms with Crippen molar-refractivity contribution in [2.75, 3.05) is 7.11 Å². The van der Waals surface area contributed by atoms with Crippen LogP contribution in [-0.4, -0.2) is 18.9 Å². The third kappa shape index (κ3) is 2.69. The van der Waals surface area contributed by atoms with E-state index < -0.39 is 5.97 Å². The van der Waals surface area contributed by atoms with Gasteiger partial charge in [-0.05, 0) is 30.4 Å². The van der Waals surface area contributed by atoms with Crippen LogP contribution in [0, 0.1) is 0 Å². The highest BCUT2D eigenvalue weighted by Crippen LogP contribution is 2.28. The maximum absolute atomic E-state index is 11.9. The number of carbonyl (C=O) groups is 2.